The van der Waals surface area contributed by atoms with Crippen LogP contribution >= 0.6 is 0 Å². The first-order valence-corrected chi connectivity index (χ1v) is 5.45. The number of carboxylic acid groups (broad SMARTS) is 1. The number of amides is 1. The van der Waals surface area contributed by atoms with E-state index in [0.717, 1.165) is 0 Å². The maximum absolute atomic E-state index is 11.8. The summed E-state index contributed by atoms with van der Waals surface area (Å²) in [6, 6.07) is 0. The van der Waals surface area contributed by atoms with Crippen molar-refractivity contribution in [1.29, 1.82) is 0 Å². The Bertz CT molecular complexity index is 426. The summed E-state index contributed by atoms with van der Waals surface area (Å²) < 4.78 is 6.34. The smallest absolute Gasteiger partial charge is 0.329 e. The first kappa shape index (κ1) is 12.4. The van der Waals surface area contributed by atoms with Gasteiger partial charge in [-0.25, -0.2) is 9.48 Å². The zero-order valence-corrected chi connectivity index (χ0v) is 9.57. The lowest BCUT2D eigenvalue weighted by Crippen LogP contribution is -2.58. The quantitative estimate of drug-likeness (QED) is 0.666. The van der Waals surface area contributed by atoms with Crippen molar-refractivity contribution < 1.29 is 19.4 Å². The van der Waals surface area contributed by atoms with Gasteiger partial charge in [-0.2, -0.15) is 0 Å². The van der Waals surface area contributed by atoms with Crippen LogP contribution in [0.5, 0.6) is 0 Å². The van der Waals surface area contributed by atoms with Gasteiger partial charge in [0.2, 0.25) is 5.91 Å². The van der Waals surface area contributed by atoms with Gasteiger partial charge in [-0.1, -0.05) is 0 Å². The third-order valence-electron chi connectivity index (χ3n) is 2.83. The molecule has 0 saturated carbocycles. The normalized spacial score (nSPS) is 18.2. The van der Waals surface area contributed by atoms with Gasteiger partial charge in [0.1, 0.15) is 18.4 Å². The summed E-state index contributed by atoms with van der Waals surface area (Å²) in [6.45, 7) is 0.526. The Morgan fingerprint density at radius 2 is 2.17 bits per heavy atom. The van der Waals surface area contributed by atoms with Gasteiger partial charge in [0.25, 0.3) is 0 Å². The summed E-state index contributed by atoms with van der Waals surface area (Å²) in [4.78, 5) is 23.1. The van der Waals surface area contributed by atoms with E-state index in [4.69, 9.17) is 4.74 Å². The van der Waals surface area contributed by atoms with E-state index in [9.17, 15) is 14.7 Å². The van der Waals surface area contributed by atoms with Crippen LogP contribution in [0.2, 0.25) is 0 Å². The summed E-state index contributed by atoms with van der Waals surface area (Å²) >= 11 is 0. The van der Waals surface area contributed by atoms with Crippen LogP contribution in [0.1, 0.15) is 12.8 Å². The highest BCUT2D eigenvalue weighted by Crippen LogP contribution is 2.21. The van der Waals surface area contributed by atoms with Gasteiger partial charge in [-0.15, -0.1) is 5.10 Å². The Labute approximate surface area is 102 Å². The standard InChI is InChI=1S/C9H13N5O4/c15-7(5-14-6-10-12-13-14)11-9(8(16)17)1-3-18-4-2-9/h6H,1-5H2,(H,11,15)(H,16,17). The number of aliphatic carboxylic acids is 1. The molecule has 98 valence electrons. The Morgan fingerprint density at radius 3 is 2.72 bits per heavy atom. The van der Waals surface area contributed by atoms with E-state index in [1.165, 1.54) is 11.0 Å². The maximum Gasteiger partial charge on any atom is 0.329 e. The molecule has 2 heterocycles. The minimum atomic E-state index is -1.25. The van der Waals surface area contributed by atoms with Gasteiger partial charge < -0.3 is 15.2 Å². The molecule has 1 aromatic heterocycles. The molecule has 2 N–H and O–H groups in total. The largest absolute Gasteiger partial charge is 0.480 e. The van der Waals surface area contributed by atoms with Crippen molar-refractivity contribution >= 4 is 11.9 Å². The predicted octanol–water partition coefficient (Wildman–Crippen LogP) is -1.58. The lowest BCUT2D eigenvalue weighted by atomic mass is 9.90. The van der Waals surface area contributed by atoms with E-state index in [0.29, 0.717) is 13.2 Å². The van der Waals surface area contributed by atoms with Crippen molar-refractivity contribution in [2.45, 2.75) is 24.9 Å². The molecular formula is C9H13N5O4. The number of nitrogens with zero attached hydrogens (tertiary/aromatic N) is 4. The van der Waals surface area contributed by atoms with Crippen LogP contribution in [-0.2, 0) is 20.9 Å². The topological polar surface area (TPSA) is 119 Å². The van der Waals surface area contributed by atoms with Crippen LogP contribution in [0.3, 0.4) is 0 Å². The van der Waals surface area contributed by atoms with Crippen molar-refractivity contribution in [3.63, 3.8) is 0 Å². The Morgan fingerprint density at radius 1 is 1.44 bits per heavy atom. The maximum atomic E-state index is 11.8. The van der Waals surface area contributed by atoms with Crippen molar-refractivity contribution in [2.24, 2.45) is 0 Å². The average molecular weight is 255 g/mol. The highest BCUT2D eigenvalue weighted by Gasteiger charge is 2.41. The Hall–Kier alpha value is -2.03. The van der Waals surface area contributed by atoms with Crippen LogP contribution in [0.25, 0.3) is 0 Å². The molecule has 1 fully saturated rings. The zero-order valence-electron chi connectivity index (χ0n) is 9.57. The lowest BCUT2D eigenvalue weighted by Gasteiger charge is -2.33. The molecule has 2 rings (SSSR count). The van der Waals surface area contributed by atoms with Gasteiger partial charge >= 0.3 is 5.97 Å². The molecule has 9 heteroatoms. The number of aromatic nitrogens is 4. The fourth-order valence-electron chi connectivity index (χ4n) is 1.82. The second-order valence-electron chi connectivity index (χ2n) is 4.06. The number of carboxylic acids is 1. The van der Waals surface area contributed by atoms with E-state index >= 15 is 0 Å². The summed E-state index contributed by atoms with van der Waals surface area (Å²) in [5.41, 5.74) is -1.25. The molecule has 1 aliphatic heterocycles. The van der Waals surface area contributed by atoms with Gasteiger partial charge in [0, 0.05) is 26.1 Å². The first-order valence-electron chi connectivity index (χ1n) is 5.45. The monoisotopic (exact) mass is 255 g/mol. The van der Waals surface area contributed by atoms with E-state index < -0.39 is 17.4 Å². The molecule has 0 aromatic carbocycles. The van der Waals surface area contributed by atoms with Gasteiger partial charge in [0.05, 0.1) is 0 Å². The second kappa shape index (κ2) is 5.08. The molecule has 0 spiro atoms. The van der Waals surface area contributed by atoms with E-state index in [-0.39, 0.29) is 19.4 Å². The number of carbonyl (C=O) groups is 2. The van der Waals surface area contributed by atoms with Crippen LogP contribution < -0.4 is 5.32 Å². The molecule has 0 aliphatic carbocycles. The second-order valence-corrected chi connectivity index (χ2v) is 4.06. The van der Waals surface area contributed by atoms with Crippen molar-refractivity contribution in [1.82, 2.24) is 25.5 Å². The van der Waals surface area contributed by atoms with E-state index in [1.54, 1.807) is 0 Å². The fourth-order valence-corrected chi connectivity index (χ4v) is 1.82. The predicted molar refractivity (Wildman–Crippen MR) is 56.4 cm³/mol. The van der Waals surface area contributed by atoms with Crippen LogP contribution in [0.4, 0.5) is 0 Å². The third-order valence-corrected chi connectivity index (χ3v) is 2.83. The minimum absolute atomic E-state index is 0.108. The molecule has 0 unspecified atom stereocenters. The summed E-state index contributed by atoms with van der Waals surface area (Å²) in [5, 5.41) is 22.1. The molecule has 9 nitrogen and oxygen atoms in total. The summed E-state index contributed by atoms with van der Waals surface area (Å²) in [7, 11) is 0. The highest BCUT2D eigenvalue weighted by atomic mass is 16.5. The van der Waals surface area contributed by atoms with E-state index in [2.05, 4.69) is 20.8 Å². The fraction of sp³-hybridized carbons (Fsp3) is 0.667. The summed E-state index contributed by atoms with van der Waals surface area (Å²) in [5.74, 6) is -1.48. The molecule has 0 radical (unpaired) electrons. The van der Waals surface area contributed by atoms with Crippen LogP contribution in [0, 0.1) is 0 Å². The number of carbonyl (C=O) groups excluding carboxylic acids is 1. The Kier molecular flexibility index (Phi) is 3.51. The molecule has 1 saturated heterocycles. The molecule has 1 aromatic rings. The highest BCUT2D eigenvalue weighted by molar-refractivity contribution is 5.87. The molecule has 1 amide bonds. The van der Waals surface area contributed by atoms with E-state index in [1.807, 2.05) is 0 Å². The SMILES string of the molecule is O=C(Cn1cnnn1)NC1(C(=O)O)CCOCC1. The van der Waals surface area contributed by atoms with Crippen LogP contribution in [0.15, 0.2) is 6.33 Å². The Balaban J connectivity index is 2.00. The number of hydrogen-bond donors (Lipinski definition) is 2. The molecule has 0 atom stereocenters. The van der Waals surface area contributed by atoms with Gasteiger partial charge in [0.15, 0.2) is 0 Å². The van der Waals surface area contributed by atoms with Gasteiger partial charge in [-0.05, 0) is 10.4 Å². The van der Waals surface area contributed by atoms with Gasteiger partial charge in [-0.3, -0.25) is 4.79 Å². The number of rotatable bonds is 4. The number of nitrogens with one attached hydrogen (secondary N) is 1. The average Bonchev–Trinajstić information content (AvgIpc) is 2.82. The number of hydrogen-bond acceptors (Lipinski definition) is 6. The van der Waals surface area contributed by atoms with Crippen molar-refractivity contribution in [2.75, 3.05) is 13.2 Å². The molecule has 1 aliphatic rings. The molecule has 0 bridgehead atoms. The lowest BCUT2D eigenvalue weighted by molar-refractivity contribution is -0.152. The summed E-state index contributed by atoms with van der Waals surface area (Å²) in [6.07, 6.45) is 1.80. The minimum Gasteiger partial charge on any atom is -0.480 e. The molecular weight excluding hydrogens is 242 g/mol. The molecule has 18 heavy (non-hydrogen) atoms. The van der Waals surface area contributed by atoms with Crippen molar-refractivity contribution in [3.05, 3.63) is 6.33 Å². The van der Waals surface area contributed by atoms with Crippen LogP contribution in [-0.4, -0.2) is 55.9 Å². The first-order chi connectivity index (χ1) is 8.62. The third kappa shape index (κ3) is 2.62. The number of tetrazole rings is 1. The zero-order chi connectivity index (χ0) is 13.0. The number of ether oxygens (including phenoxy) is 1. The van der Waals surface area contributed by atoms with Crippen molar-refractivity contribution in [3.8, 4) is 0 Å².